The van der Waals surface area contributed by atoms with E-state index in [2.05, 4.69) is 5.32 Å². The molecule has 1 aliphatic rings. The Morgan fingerprint density at radius 1 is 1.16 bits per heavy atom. The minimum atomic E-state index is -0.853. The van der Waals surface area contributed by atoms with Gasteiger partial charge in [-0.3, -0.25) is 9.59 Å². The van der Waals surface area contributed by atoms with E-state index in [4.69, 9.17) is 4.74 Å². The van der Waals surface area contributed by atoms with E-state index in [0.29, 0.717) is 18.4 Å². The molecule has 2 amide bonds. The molecule has 2 aromatic rings. The van der Waals surface area contributed by atoms with Crippen molar-refractivity contribution in [3.8, 4) is 5.75 Å². The van der Waals surface area contributed by atoms with Gasteiger partial charge in [-0.05, 0) is 35.9 Å². The lowest BCUT2D eigenvalue weighted by molar-refractivity contribution is -0.117. The Bertz CT molecular complexity index is 819. The number of carbonyl (C=O) groups excluding carboxylic acids is 2. The maximum Gasteiger partial charge on any atom is 0.251 e. The van der Waals surface area contributed by atoms with E-state index < -0.39 is 17.5 Å². The SMILES string of the molecule is CN(C(=O)CNC(=O)c1cc(F)cc(F)c1)c1ccc2c(c1)CCO2. The zero-order valence-electron chi connectivity index (χ0n) is 13.5. The summed E-state index contributed by atoms with van der Waals surface area (Å²) in [6.45, 7) is 0.331. The number of hydrogen-bond donors (Lipinski definition) is 1. The fourth-order valence-electron chi connectivity index (χ4n) is 2.59. The zero-order chi connectivity index (χ0) is 18.0. The fourth-order valence-corrected chi connectivity index (χ4v) is 2.59. The molecule has 3 rings (SSSR count). The van der Waals surface area contributed by atoms with Crippen molar-refractivity contribution in [2.75, 3.05) is 25.1 Å². The Kier molecular flexibility index (Phi) is 4.65. The van der Waals surface area contributed by atoms with Gasteiger partial charge in [0.25, 0.3) is 5.91 Å². The molecule has 1 heterocycles. The lowest BCUT2D eigenvalue weighted by atomic mass is 10.1. The second-order valence-electron chi connectivity index (χ2n) is 5.68. The lowest BCUT2D eigenvalue weighted by Crippen LogP contribution is -2.38. The van der Waals surface area contributed by atoms with Crippen LogP contribution in [0.25, 0.3) is 0 Å². The van der Waals surface area contributed by atoms with Gasteiger partial charge in [-0.2, -0.15) is 0 Å². The van der Waals surface area contributed by atoms with Gasteiger partial charge in [0.1, 0.15) is 17.4 Å². The molecular weight excluding hydrogens is 330 g/mol. The van der Waals surface area contributed by atoms with Gasteiger partial charge >= 0.3 is 0 Å². The van der Waals surface area contributed by atoms with Crippen LogP contribution in [0.15, 0.2) is 36.4 Å². The highest BCUT2D eigenvalue weighted by Crippen LogP contribution is 2.29. The van der Waals surface area contributed by atoms with Crippen molar-refractivity contribution in [2.45, 2.75) is 6.42 Å². The van der Waals surface area contributed by atoms with Gasteiger partial charge in [-0.25, -0.2) is 8.78 Å². The number of ether oxygens (including phenoxy) is 1. The van der Waals surface area contributed by atoms with Gasteiger partial charge < -0.3 is 15.0 Å². The van der Waals surface area contributed by atoms with E-state index in [1.54, 1.807) is 19.2 Å². The molecule has 0 aliphatic carbocycles. The van der Waals surface area contributed by atoms with Crippen LogP contribution in [-0.2, 0) is 11.2 Å². The first-order chi connectivity index (χ1) is 11.9. The third-order valence-electron chi connectivity index (χ3n) is 3.96. The van der Waals surface area contributed by atoms with Crippen LogP contribution < -0.4 is 15.0 Å². The highest BCUT2D eigenvalue weighted by molar-refractivity contribution is 6.00. The lowest BCUT2D eigenvalue weighted by Gasteiger charge is -2.18. The number of anilines is 1. The average molecular weight is 346 g/mol. The van der Waals surface area contributed by atoms with Gasteiger partial charge in [-0.1, -0.05) is 0 Å². The van der Waals surface area contributed by atoms with E-state index >= 15 is 0 Å². The summed E-state index contributed by atoms with van der Waals surface area (Å²) in [6.07, 6.45) is 0.785. The quantitative estimate of drug-likeness (QED) is 0.924. The summed E-state index contributed by atoms with van der Waals surface area (Å²) in [4.78, 5) is 25.6. The number of carbonyl (C=O) groups is 2. The third-order valence-corrected chi connectivity index (χ3v) is 3.96. The minimum absolute atomic E-state index is 0.178. The predicted octanol–water partition coefficient (Wildman–Crippen LogP) is 2.29. The van der Waals surface area contributed by atoms with E-state index in [1.807, 2.05) is 6.07 Å². The molecule has 0 radical (unpaired) electrons. The molecule has 25 heavy (non-hydrogen) atoms. The van der Waals surface area contributed by atoms with Crippen LogP contribution in [0.4, 0.5) is 14.5 Å². The van der Waals surface area contributed by atoms with Crippen molar-refractivity contribution >= 4 is 17.5 Å². The Morgan fingerprint density at radius 3 is 2.60 bits per heavy atom. The minimum Gasteiger partial charge on any atom is -0.493 e. The van der Waals surface area contributed by atoms with Crippen LogP contribution in [0.1, 0.15) is 15.9 Å². The molecule has 1 aliphatic heterocycles. The number of nitrogens with zero attached hydrogens (tertiary/aromatic N) is 1. The summed E-state index contributed by atoms with van der Waals surface area (Å²) < 4.78 is 31.7. The van der Waals surface area contributed by atoms with E-state index in [-0.39, 0.29) is 18.0 Å². The van der Waals surface area contributed by atoms with Crippen LogP contribution >= 0.6 is 0 Å². The number of amides is 2. The van der Waals surface area contributed by atoms with E-state index in [1.165, 1.54) is 4.90 Å². The van der Waals surface area contributed by atoms with Crippen LogP contribution in [0.5, 0.6) is 5.75 Å². The Morgan fingerprint density at radius 2 is 1.88 bits per heavy atom. The topological polar surface area (TPSA) is 58.6 Å². The Labute approximate surface area is 143 Å². The molecule has 0 atom stereocenters. The van der Waals surface area contributed by atoms with Crippen molar-refractivity contribution < 1.29 is 23.1 Å². The standard InChI is InChI=1S/C18H16F2N2O3/c1-22(15-2-3-16-11(8-15)4-5-25-16)17(23)10-21-18(24)12-6-13(19)9-14(20)7-12/h2-3,6-9H,4-5,10H2,1H3,(H,21,24). The zero-order valence-corrected chi connectivity index (χ0v) is 13.5. The Balaban J connectivity index is 1.62. The molecule has 1 N–H and O–H groups in total. The molecule has 5 nitrogen and oxygen atoms in total. The summed E-state index contributed by atoms with van der Waals surface area (Å²) in [6, 6.07) is 7.92. The summed E-state index contributed by atoms with van der Waals surface area (Å²) >= 11 is 0. The van der Waals surface area contributed by atoms with Crippen molar-refractivity contribution in [1.29, 1.82) is 0 Å². The van der Waals surface area contributed by atoms with Crippen LogP contribution in [0.3, 0.4) is 0 Å². The first-order valence-corrected chi connectivity index (χ1v) is 7.70. The highest BCUT2D eigenvalue weighted by atomic mass is 19.1. The highest BCUT2D eigenvalue weighted by Gasteiger charge is 2.17. The summed E-state index contributed by atoms with van der Waals surface area (Å²) in [5.74, 6) is -1.97. The molecule has 0 spiro atoms. The molecule has 0 fully saturated rings. The monoisotopic (exact) mass is 346 g/mol. The van der Waals surface area contributed by atoms with Crippen molar-refractivity contribution in [2.24, 2.45) is 0 Å². The molecule has 0 saturated heterocycles. The van der Waals surface area contributed by atoms with Gasteiger partial charge in [0, 0.05) is 30.8 Å². The van der Waals surface area contributed by atoms with Gasteiger partial charge in [0.05, 0.1) is 13.2 Å². The number of halogens is 2. The molecule has 2 aromatic carbocycles. The average Bonchev–Trinajstić information content (AvgIpc) is 3.05. The smallest absolute Gasteiger partial charge is 0.251 e. The van der Waals surface area contributed by atoms with Crippen LogP contribution in [0.2, 0.25) is 0 Å². The summed E-state index contributed by atoms with van der Waals surface area (Å²) in [5, 5.41) is 2.37. The van der Waals surface area contributed by atoms with Crippen LogP contribution in [-0.4, -0.2) is 32.0 Å². The molecule has 0 bridgehead atoms. The molecule has 130 valence electrons. The van der Waals surface area contributed by atoms with E-state index in [0.717, 1.165) is 29.9 Å². The fraction of sp³-hybridized carbons (Fsp3) is 0.222. The van der Waals surface area contributed by atoms with Crippen molar-refractivity contribution in [3.63, 3.8) is 0 Å². The number of fused-ring (bicyclic) bond motifs is 1. The van der Waals surface area contributed by atoms with Gasteiger partial charge in [0.15, 0.2) is 0 Å². The molecule has 0 aromatic heterocycles. The second kappa shape index (κ2) is 6.88. The van der Waals surface area contributed by atoms with Gasteiger partial charge in [0.2, 0.25) is 5.91 Å². The summed E-state index contributed by atoms with van der Waals surface area (Å²) in [7, 11) is 1.59. The van der Waals surface area contributed by atoms with Crippen LogP contribution in [0, 0.1) is 11.6 Å². The largest absolute Gasteiger partial charge is 0.493 e. The normalized spacial score (nSPS) is 12.3. The third kappa shape index (κ3) is 3.76. The molecule has 0 saturated carbocycles. The van der Waals surface area contributed by atoms with E-state index in [9.17, 15) is 18.4 Å². The number of rotatable bonds is 4. The van der Waals surface area contributed by atoms with Crippen molar-refractivity contribution in [1.82, 2.24) is 5.32 Å². The van der Waals surface area contributed by atoms with Crippen molar-refractivity contribution in [3.05, 3.63) is 59.2 Å². The number of hydrogen-bond acceptors (Lipinski definition) is 3. The molecule has 7 heteroatoms. The first kappa shape index (κ1) is 16.9. The number of benzene rings is 2. The first-order valence-electron chi connectivity index (χ1n) is 7.70. The number of likely N-dealkylation sites (N-methyl/N-ethyl adjacent to an activating group) is 1. The number of nitrogens with one attached hydrogen (secondary N) is 1. The Hall–Kier alpha value is -2.96. The molecule has 0 unspecified atom stereocenters. The summed E-state index contributed by atoms with van der Waals surface area (Å²) in [5.41, 5.74) is 1.53. The second-order valence-corrected chi connectivity index (χ2v) is 5.68. The maximum absolute atomic E-state index is 13.1. The predicted molar refractivity (Wildman–Crippen MR) is 87.7 cm³/mol. The molecular formula is C18H16F2N2O3. The van der Waals surface area contributed by atoms with Gasteiger partial charge in [-0.15, -0.1) is 0 Å². The maximum atomic E-state index is 13.1.